The van der Waals surface area contributed by atoms with Gasteiger partial charge in [0, 0.05) is 47.7 Å². The van der Waals surface area contributed by atoms with E-state index >= 15 is 4.39 Å². The molecular weight excluding hydrogens is 581 g/mol. The Morgan fingerprint density at radius 2 is 1.84 bits per heavy atom. The number of anilines is 2. The highest BCUT2D eigenvalue weighted by Crippen LogP contribution is 2.42. The van der Waals surface area contributed by atoms with Crippen LogP contribution in [0.25, 0.3) is 22.0 Å². The highest BCUT2D eigenvalue weighted by molar-refractivity contribution is 7.92. The molecule has 0 aliphatic carbocycles. The number of hydrogen-bond donors (Lipinski definition) is 3. The third-order valence-electron chi connectivity index (χ3n) is 7.20. The number of fused-ring (bicyclic) bond motifs is 1. The van der Waals surface area contributed by atoms with E-state index in [9.17, 15) is 17.2 Å². The van der Waals surface area contributed by atoms with Crippen molar-refractivity contribution < 1.29 is 26.3 Å². The number of sulfonamides is 1. The van der Waals surface area contributed by atoms with E-state index in [1.807, 2.05) is 0 Å². The van der Waals surface area contributed by atoms with Gasteiger partial charge in [-0.25, -0.2) is 36.5 Å². The zero-order valence-electron chi connectivity index (χ0n) is 24.0. The summed E-state index contributed by atoms with van der Waals surface area (Å²) in [6.07, 6.45) is 3.25. The van der Waals surface area contributed by atoms with E-state index in [0.717, 1.165) is 19.5 Å². The second kappa shape index (κ2) is 12.3. The Morgan fingerprint density at radius 3 is 2.58 bits per heavy atom. The van der Waals surface area contributed by atoms with Gasteiger partial charge in [-0.05, 0) is 50.9 Å². The van der Waals surface area contributed by atoms with Crippen LogP contribution in [-0.4, -0.2) is 54.2 Å². The number of nitrogens with zero attached hydrogens (tertiary/aromatic N) is 3. The van der Waals surface area contributed by atoms with Crippen molar-refractivity contribution in [2.45, 2.75) is 45.6 Å². The third kappa shape index (κ3) is 7.34. The lowest BCUT2D eigenvalue weighted by molar-refractivity contribution is 0.0189. The minimum absolute atomic E-state index is 0.0118. The van der Waals surface area contributed by atoms with Gasteiger partial charge in [0.1, 0.15) is 5.75 Å². The molecule has 228 valence electrons. The van der Waals surface area contributed by atoms with E-state index in [0.29, 0.717) is 35.4 Å². The lowest BCUT2D eigenvalue weighted by atomic mass is 9.98. The van der Waals surface area contributed by atoms with Gasteiger partial charge in [0.25, 0.3) is 0 Å². The Morgan fingerprint density at radius 1 is 1.07 bits per heavy atom. The number of ether oxygens (including phenoxy) is 1. The fourth-order valence-corrected chi connectivity index (χ4v) is 6.29. The van der Waals surface area contributed by atoms with Crippen molar-refractivity contribution in [3.05, 3.63) is 66.2 Å². The minimum Gasteiger partial charge on any atom is -0.437 e. The maximum atomic E-state index is 15.8. The van der Waals surface area contributed by atoms with Crippen molar-refractivity contribution in [3.63, 3.8) is 0 Å². The first-order valence-electron chi connectivity index (χ1n) is 13.9. The molecular formula is C30H33F3N6O3S. The maximum absolute atomic E-state index is 15.8. The molecule has 43 heavy (non-hydrogen) atoms. The molecule has 5 rings (SSSR count). The molecule has 0 saturated carbocycles. The van der Waals surface area contributed by atoms with E-state index in [4.69, 9.17) is 4.74 Å². The summed E-state index contributed by atoms with van der Waals surface area (Å²) in [4.78, 5) is 13.4. The first kappa shape index (κ1) is 30.5. The Labute approximate surface area is 248 Å². The average Bonchev–Trinajstić information content (AvgIpc) is 2.97. The van der Waals surface area contributed by atoms with Gasteiger partial charge in [-0.1, -0.05) is 31.2 Å². The van der Waals surface area contributed by atoms with Gasteiger partial charge in [-0.2, -0.15) is 0 Å². The first-order chi connectivity index (χ1) is 20.4. The van der Waals surface area contributed by atoms with Crippen LogP contribution in [0.15, 0.2) is 54.9 Å². The smallest absolute Gasteiger partial charge is 0.246 e. The Hall–Kier alpha value is -3.97. The SMILES string of the molecule is Cc1c(F)c(NS(=O)(=O)CCC(C)(F)F)c2ccccc2c1Oc1ncccc1-c1ccnc(N[C@@H]2CNC[C@H](C)C2)n1. The molecule has 3 N–H and O–H groups in total. The number of halogens is 3. The summed E-state index contributed by atoms with van der Waals surface area (Å²) in [5, 5.41) is 7.38. The quantitative estimate of drug-likeness (QED) is 0.195. The average molecular weight is 615 g/mol. The van der Waals surface area contributed by atoms with E-state index in [2.05, 4.69) is 37.2 Å². The molecule has 2 atom stereocenters. The Bertz CT molecular complexity index is 1730. The Balaban J connectivity index is 1.48. The maximum Gasteiger partial charge on any atom is 0.246 e. The molecule has 1 saturated heterocycles. The monoisotopic (exact) mass is 614 g/mol. The molecule has 0 unspecified atom stereocenters. The molecule has 0 bridgehead atoms. The van der Waals surface area contributed by atoms with E-state index in [1.165, 1.54) is 19.2 Å². The lowest BCUT2D eigenvalue weighted by Crippen LogP contribution is -2.42. The van der Waals surface area contributed by atoms with Gasteiger partial charge >= 0.3 is 0 Å². The second-order valence-electron chi connectivity index (χ2n) is 11.0. The predicted octanol–water partition coefficient (Wildman–Crippen LogP) is 6.13. The van der Waals surface area contributed by atoms with Crippen molar-refractivity contribution in [2.24, 2.45) is 5.92 Å². The van der Waals surface area contributed by atoms with Gasteiger partial charge in [-0.15, -0.1) is 0 Å². The normalized spacial score (nSPS) is 17.5. The molecule has 2 aromatic carbocycles. The number of aromatic nitrogens is 3. The number of alkyl halides is 2. The van der Waals surface area contributed by atoms with Gasteiger partial charge in [0.2, 0.25) is 27.8 Å². The topological polar surface area (TPSA) is 118 Å². The van der Waals surface area contributed by atoms with E-state index in [1.54, 1.807) is 42.6 Å². The molecule has 0 radical (unpaired) electrons. The number of hydrogen-bond acceptors (Lipinski definition) is 8. The van der Waals surface area contributed by atoms with Gasteiger partial charge < -0.3 is 15.4 Å². The van der Waals surface area contributed by atoms with Crippen molar-refractivity contribution in [2.75, 3.05) is 28.9 Å². The summed E-state index contributed by atoms with van der Waals surface area (Å²) in [5.74, 6) is -3.67. The summed E-state index contributed by atoms with van der Waals surface area (Å²) >= 11 is 0. The van der Waals surface area contributed by atoms with Gasteiger partial charge in [0.05, 0.1) is 22.7 Å². The molecule has 4 aromatic rings. The van der Waals surface area contributed by atoms with Crippen molar-refractivity contribution in [3.8, 4) is 22.9 Å². The van der Waals surface area contributed by atoms with Crippen LogP contribution in [0.5, 0.6) is 11.6 Å². The van der Waals surface area contributed by atoms with Crippen LogP contribution in [0.1, 0.15) is 32.3 Å². The third-order valence-corrected chi connectivity index (χ3v) is 8.46. The molecule has 0 amide bonds. The Kier molecular flexibility index (Phi) is 8.74. The van der Waals surface area contributed by atoms with Gasteiger partial charge in [-0.3, -0.25) is 4.72 Å². The fraction of sp³-hybridized carbons (Fsp3) is 0.367. The molecule has 1 aliphatic heterocycles. The number of piperidine rings is 1. The standard InChI is InChI=1S/C30H33F3N6O3S/c1-18-15-20(17-34-16-18)37-29-36-13-10-24(38-29)23-9-6-12-35-28(23)42-27-19(2)25(31)26(21-7-4-5-8-22(21)27)39-43(40,41)14-11-30(3,32)33/h4-10,12-13,18,20,34,39H,11,14-17H2,1-3H3,(H,36,37,38)/t18-,20+/m1/s1. The number of pyridine rings is 1. The van der Waals surface area contributed by atoms with Gasteiger partial charge in [0.15, 0.2) is 5.82 Å². The lowest BCUT2D eigenvalue weighted by Gasteiger charge is -2.28. The number of rotatable bonds is 10. The minimum atomic E-state index is -4.28. The summed E-state index contributed by atoms with van der Waals surface area (Å²) in [6.45, 7) is 6.03. The van der Waals surface area contributed by atoms with Crippen LogP contribution in [-0.2, 0) is 10.0 Å². The van der Waals surface area contributed by atoms with Crippen molar-refractivity contribution >= 4 is 32.4 Å². The summed E-state index contributed by atoms with van der Waals surface area (Å²) in [6, 6.07) is 11.9. The number of benzene rings is 2. The zero-order chi connectivity index (χ0) is 30.8. The molecule has 9 nitrogen and oxygen atoms in total. The molecule has 2 aromatic heterocycles. The largest absolute Gasteiger partial charge is 0.437 e. The van der Waals surface area contributed by atoms with Crippen LogP contribution >= 0.6 is 0 Å². The van der Waals surface area contributed by atoms with Crippen molar-refractivity contribution in [1.82, 2.24) is 20.3 Å². The fourth-order valence-electron chi connectivity index (χ4n) is 5.05. The van der Waals surface area contributed by atoms with Crippen LogP contribution in [0, 0.1) is 18.7 Å². The van der Waals surface area contributed by atoms with E-state index < -0.39 is 33.9 Å². The van der Waals surface area contributed by atoms with Crippen molar-refractivity contribution in [1.29, 1.82) is 0 Å². The van der Waals surface area contributed by atoms with E-state index in [-0.39, 0.29) is 34.3 Å². The first-order valence-corrected chi connectivity index (χ1v) is 15.6. The highest BCUT2D eigenvalue weighted by Gasteiger charge is 2.28. The number of nitrogens with one attached hydrogen (secondary N) is 3. The summed E-state index contributed by atoms with van der Waals surface area (Å²) in [7, 11) is -4.28. The molecule has 0 spiro atoms. The zero-order valence-corrected chi connectivity index (χ0v) is 24.8. The highest BCUT2D eigenvalue weighted by atomic mass is 32.2. The molecule has 13 heteroatoms. The predicted molar refractivity (Wildman–Crippen MR) is 161 cm³/mol. The van der Waals surface area contributed by atoms with Crippen LogP contribution in [0.4, 0.5) is 24.8 Å². The summed E-state index contributed by atoms with van der Waals surface area (Å²) in [5.41, 5.74) is 0.756. The molecule has 1 fully saturated rings. The molecule has 3 heterocycles. The molecule has 1 aliphatic rings. The van der Waals surface area contributed by atoms with Crippen LogP contribution in [0.3, 0.4) is 0 Å². The van der Waals surface area contributed by atoms with Crippen LogP contribution in [0.2, 0.25) is 0 Å². The summed E-state index contributed by atoms with van der Waals surface area (Å²) < 4.78 is 76.2. The second-order valence-corrected chi connectivity index (χ2v) is 12.8. The van der Waals surface area contributed by atoms with Crippen LogP contribution < -0.4 is 20.1 Å².